The van der Waals surface area contributed by atoms with Gasteiger partial charge < -0.3 is 12.4 Å². The molecule has 0 fully saturated rings. The molecule has 0 nitrogen and oxygen atoms in total. The Balaban J connectivity index is 0. The second-order valence-corrected chi connectivity index (χ2v) is 3.91. The molecule has 86 valence electrons. The van der Waals surface area contributed by atoms with E-state index in [1.54, 1.807) is 0 Å². The van der Waals surface area contributed by atoms with E-state index in [0.717, 1.165) is 0 Å². The van der Waals surface area contributed by atoms with E-state index in [9.17, 15) is 0 Å². The van der Waals surface area contributed by atoms with Crippen molar-refractivity contribution < 1.29 is 12.4 Å². The second kappa shape index (κ2) is 13.3. The van der Waals surface area contributed by atoms with Gasteiger partial charge in [-0.1, -0.05) is 51.9 Å². The van der Waals surface area contributed by atoms with Crippen LogP contribution in [0.1, 0.15) is 51.0 Å². The number of aryl methyl sites for hydroxylation is 1. The summed E-state index contributed by atoms with van der Waals surface area (Å²) in [7, 11) is 0. The fourth-order valence-corrected chi connectivity index (χ4v) is 1.68. The van der Waals surface area contributed by atoms with E-state index in [2.05, 4.69) is 25.1 Å². The Morgan fingerprint density at radius 1 is 1.00 bits per heavy atom. The molecule has 0 bridgehead atoms. The third-order valence-corrected chi connectivity index (χ3v) is 2.57. The van der Waals surface area contributed by atoms with Gasteiger partial charge in [0.05, 0.1) is 0 Å². The van der Waals surface area contributed by atoms with Gasteiger partial charge in [-0.25, -0.2) is 0 Å². The minimum Gasteiger partial charge on any atom is -1.00 e. The van der Waals surface area contributed by atoms with Crippen LogP contribution >= 0.6 is 0 Å². The van der Waals surface area contributed by atoms with Gasteiger partial charge >= 0.3 is 23.1 Å². The van der Waals surface area contributed by atoms with Crippen molar-refractivity contribution in [2.24, 2.45) is 0 Å². The first-order valence-corrected chi connectivity index (χ1v) is 5.89. The molecule has 2 heteroatoms. The van der Waals surface area contributed by atoms with Crippen LogP contribution in [0.2, 0.25) is 0 Å². The largest absolute Gasteiger partial charge is 2.00 e. The van der Waals surface area contributed by atoms with Gasteiger partial charge in [-0.3, -0.25) is 0 Å². The Morgan fingerprint density at radius 3 is 2.31 bits per heavy atom. The smallest absolute Gasteiger partial charge is 1.00 e. The van der Waals surface area contributed by atoms with Crippen LogP contribution in [-0.4, -0.2) is 23.1 Å². The van der Waals surface area contributed by atoms with Crippen LogP contribution < -0.4 is 12.4 Å². The third kappa shape index (κ3) is 9.50. The Kier molecular flexibility index (Phi) is 15.5. The first-order chi connectivity index (χ1) is 6.93. The Morgan fingerprint density at radius 2 is 1.69 bits per heavy atom. The van der Waals surface area contributed by atoms with E-state index >= 15 is 0 Å². The van der Waals surface area contributed by atoms with Gasteiger partial charge in [0.1, 0.15) is 0 Å². The topological polar surface area (TPSA) is 0 Å². The predicted molar refractivity (Wildman–Crippen MR) is 68.1 cm³/mol. The minimum atomic E-state index is 0. The van der Waals surface area contributed by atoms with E-state index in [1.165, 1.54) is 50.5 Å². The molecule has 0 saturated heterocycles. The number of hydrogen-bond acceptors (Lipinski definition) is 0. The maximum Gasteiger partial charge on any atom is 2.00 e. The molecule has 0 aliphatic rings. The van der Waals surface area contributed by atoms with Crippen molar-refractivity contribution in [3.63, 3.8) is 0 Å². The summed E-state index contributed by atoms with van der Waals surface area (Å²) in [5.41, 5.74) is 1.36. The minimum absolute atomic E-state index is 0. The molecular weight excluding hydrogens is 228 g/mol. The van der Waals surface area contributed by atoms with Crippen molar-refractivity contribution in [1.82, 2.24) is 0 Å². The van der Waals surface area contributed by atoms with Crippen molar-refractivity contribution in [2.75, 3.05) is 0 Å². The first kappa shape index (κ1) is 18.6. The molecule has 0 N–H and O–H groups in total. The van der Waals surface area contributed by atoms with Crippen LogP contribution in [0, 0.1) is 6.07 Å². The number of rotatable bonds is 7. The Bertz CT molecular complexity index is 223. The molecule has 0 aliphatic carbocycles. The molecule has 0 aliphatic heterocycles. The van der Waals surface area contributed by atoms with E-state index in [-0.39, 0.29) is 35.5 Å². The Hall–Kier alpha value is 0.276. The van der Waals surface area contributed by atoms with Crippen LogP contribution in [0.3, 0.4) is 0 Å². The zero-order chi connectivity index (χ0) is 10.1. The SMILES string of the molecule is CCCCCCCCc1[c-]cccc1.[Cl-].[Mg+2]. The molecule has 1 aromatic rings. The van der Waals surface area contributed by atoms with Crippen molar-refractivity contribution in [3.05, 3.63) is 35.9 Å². The van der Waals surface area contributed by atoms with Gasteiger partial charge in [-0.15, -0.1) is 0 Å². The zero-order valence-corrected chi connectivity index (χ0v) is 12.5. The van der Waals surface area contributed by atoms with Crippen LogP contribution in [0.25, 0.3) is 0 Å². The number of halogens is 1. The van der Waals surface area contributed by atoms with Crippen LogP contribution in [-0.2, 0) is 6.42 Å². The monoisotopic (exact) mass is 248 g/mol. The number of hydrogen-bond donors (Lipinski definition) is 0. The number of unbranched alkanes of at least 4 members (excludes halogenated alkanes) is 5. The van der Waals surface area contributed by atoms with Gasteiger partial charge in [0.2, 0.25) is 0 Å². The quantitative estimate of drug-likeness (QED) is 0.384. The molecule has 0 heterocycles. The molecule has 0 radical (unpaired) electrons. The van der Waals surface area contributed by atoms with E-state index in [0.29, 0.717) is 0 Å². The zero-order valence-electron chi connectivity index (χ0n) is 10.3. The fourth-order valence-electron chi connectivity index (χ4n) is 1.68. The third-order valence-electron chi connectivity index (χ3n) is 2.57. The van der Waals surface area contributed by atoms with E-state index < -0.39 is 0 Å². The van der Waals surface area contributed by atoms with Gasteiger partial charge in [0.15, 0.2) is 0 Å². The van der Waals surface area contributed by atoms with Crippen molar-refractivity contribution in [2.45, 2.75) is 51.9 Å². The summed E-state index contributed by atoms with van der Waals surface area (Å²) in [6.07, 6.45) is 9.46. The standard InChI is InChI=1S/C14H21.ClH.Mg/c1-2-3-4-5-6-8-11-14-12-9-7-10-13-14;;/h7,9-10,12H,2-6,8,11H2,1H3;1H;/q-1;;+2/p-1. The van der Waals surface area contributed by atoms with Gasteiger partial charge in [0.25, 0.3) is 0 Å². The molecule has 0 unspecified atom stereocenters. The predicted octanol–water partition coefficient (Wildman–Crippen LogP) is 1.01. The van der Waals surface area contributed by atoms with Crippen molar-refractivity contribution in [1.29, 1.82) is 0 Å². The summed E-state index contributed by atoms with van der Waals surface area (Å²) in [5.74, 6) is 0. The molecular formula is C14H21ClMg. The van der Waals surface area contributed by atoms with Crippen LogP contribution in [0.15, 0.2) is 24.3 Å². The summed E-state index contributed by atoms with van der Waals surface area (Å²) in [4.78, 5) is 0. The summed E-state index contributed by atoms with van der Waals surface area (Å²) in [6.45, 7) is 2.26. The summed E-state index contributed by atoms with van der Waals surface area (Å²) in [6, 6.07) is 11.6. The molecule has 0 aromatic heterocycles. The molecule has 0 saturated carbocycles. The molecule has 0 spiro atoms. The average Bonchev–Trinajstić information content (AvgIpc) is 2.25. The summed E-state index contributed by atoms with van der Waals surface area (Å²) in [5, 5.41) is 0. The van der Waals surface area contributed by atoms with Crippen LogP contribution in [0.4, 0.5) is 0 Å². The maximum absolute atomic E-state index is 3.27. The number of benzene rings is 1. The van der Waals surface area contributed by atoms with Crippen LogP contribution in [0.5, 0.6) is 0 Å². The normalized spacial score (nSPS) is 9.06. The molecule has 0 atom stereocenters. The van der Waals surface area contributed by atoms with Crippen molar-refractivity contribution >= 4 is 23.1 Å². The average molecular weight is 249 g/mol. The van der Waals surface area contributed by atoms with Crippen molar-refractivity contribution in [3.8, 4) is 0 Å². The van der Waals surface area contributed by atoms with Gasteiger partial charge in [-0.05, 0) is 0 Å². The van der Waals surface area contributed by atoms with Gasteiger partial charge in [0, 0.05) is 0 Å². The molecule has 1 rings (SSSR count). The molecule has 16 heavy (non-hydrogen) atoms. The fraction of sp³-hybridized carbons (Fsp3) is 0.571. The van der Waals surface area contributed by atoms with E-state index in [4.69, 9.17) is 0 Å². The van der Waals surface area contributed by atoms with E-state index in [1.807, 2.05) is 12.1 Å². The first-order valence-electron chi connectivity index (χ1n) is 5.89. The van der Waals surface area contributed by atoms with Gasteiger partial charge in [-0.2, -0.15) is 35.9 Å². The summed E-state index contributed by atoms with van der Waals surface area (Å²) >= 11 is 0. The Labute approximate surface area is 123 Å². The maximum atomic E-state index is 3.27. The molecule has 1 aromatic carbocycles. The second-order valence-electron chi connectivity index (χ2n) is 3.91. The summed E-state index contributed by atoms with van der Waals surface area (Å²) < 4.78 is 0. The molecule has 0 amide bonds.